The maximum atomic E-state index is 10.4. The van der Waals surface area contributed by atoms with Crippen molar-refractivity contribution in [3.8, 4) is 5.75 Å². The Kier molecular flexibility index (Phi) is 3.16. The standard InChI is InChI=1S/C15H22O3/c1-8(2)10-6-14(17)15(4,18)12-7-13(16)9(3)5-11(10)12/h5,7-8,10,14,16-18H,6H2,1-4H3/t10-,14-,15+/m1/s1. The van der Waals surface area contributed by atoms with Crippen LogP contribution in [0.5, 0.6) is 5.75 Å². The number of phenols is 1. The lowest BCUT2D eigenvalue weighted by atomic mass is 9.69. The number of aliphatic hydroxyl groups is 2. The smallest absolute Gasteiger partial charge is 0.118 e. The molecule has 0 fully saturated rings. The molecule has 0 aromatic heterocycles. The lowest BCUT2D eigenvalue weighted by molar-refractivity contribution is -0.0834. The number of fused-ring (bicyclic) bond motifs is 1. The molecule has 0 bridgehead atoms. The quantitative estimate of drug-likeness (QED) is 0.717. The Balaban J connectivity index is 2.65. The molecule has 0 spiro atoms. The van der Waals surface area contributed by atoms with Gasteiger partial charge in [-0.3, -0.25) is 0 Å². The summed E-state index contributed by atoms with van der Waals surface area (Å²) in [7, 11) is 0. The molecule has 0 saturated carbocycles. The number of rotatable bonds is 1. The molecule has 1 aliphatic carbocycles. The minimum absolute atomic E-state index is 0.172. The number of hydrogen-bond acceptors (Lipinski definition) is 3. The maximum absolute atomic E-state index is 10.4. The molecule has 3 nitrogen and oxygen atoms in total. The van der Waals surface area contributed by atoms with Crippen molar-refractivity contribution in [1.82, 2.24) is 0 Å². The van der Waals surface area contributed by atoms with Gasteiger partial charge < -0.3 is 15.3 Å². The Morgan fingerprint density at radius 3 is 2.50 bits per heavy atom. The molecule has 3 heteroatoms. The molecule has 0 aliphatic heterocycles. The van der Waals surface area contributed by atoms with Crippen LogP contribution in [-0.2, 0) is 5.60 Å². The Hall–Kier alpha value is -1.06. The minimum atomic E-state index is -1.29. The summed E-state index contributed by atoms with van der Waals surface area (Å²) in [5, 5.41) is 30.4. The Bertz CT molecular complexity index is 463. The van der Waals surface area contributed by atoms with E-state index in [1.54, 1.807) is 13.0 Å². The van der Waals surface area contributed by atoms with Crippen molar-refractivity contribution >= 4 is 0 Å². The van der Waals surface area contributed by atoms with Crippen LogP contribution in [0.1, 0.15) is 49.8 Å². The first-order valence-corrected chi connectivity index (χ1v) is 6.49. The van der Waals surface area contributed by atoms with Gasteiger partial charge >= 0.3 is 0 Å². The van der Waals surface area contributed by atoms with Crippen molar-refractivity contribution in [3.63, 3.8) is 0 Å². The summed E-state index contributed by atoms with van der Waals surface area (Å²) in [6.45, 7) is 7.70. The first kappa shape index (κ1) is 13.4. The maximum Gasteiger partial charge on any atom is 0.118 e. The second kappa shape index (κ2) is 4.25. The average Bonchev–Trinajstić information content (AvgIpc) is 2.26. The number of phenolic OH excluding ortho intramolecular Hbond substituents is 1. The van der Waals surface area contributed by atoms with E-state index < -0.39 is 11.7 Å². The third kappa shape index (κ3) is 1.91. The highest BCUT2D eigenvalue weighted by atomic mass is 16.3. The molecule has 0 heterocycles. The second-order valence-electron chi connectivity index (χ2n) is 5.98. The van der Waals surface area contributed by atoms with E-state index in [4.69, 9.17) is 0 Å². The summed E-state index contributed by atoms with van der Waals surface area (Å²) in [6, 6.07) is 3.54. The van der Waals surface area contributed by atoms with E-state index in [9.17, 15) is 15.3 Å². The number of aromatic hydroxyl groups is 1. The third-order valence-electron chi connectivity index (χ3n) is 4.24. The molecule has 100 valence electrons. The van der Waals surface area contributed by atoms with Crippen LogP contribution < -0.4 is 0 Å². The van der Waals surface area contributed by atoms with E-state index in [-0.39, 0.29) is 11.7 Å². The first-order valence-electron chi connectivity index (χ1n) is 6.49. The molecule has 1 aromatic carbocycles. The van der Waals surface area contributed by atoms with Gasteiger partial charge in [-0.15, -0.1) is 0 Å². The summed E-state index contributed by atoms with van der Waals surface area (Å²) in [4.78, 5) is 0. The molecule has 3 atom stereocenters. The van der Waals surface area contributed by atoms with Gasteiger partial charge in [0.1, 0.15) is 11.4 Å². The molecule has 0 saturated heterocycles. The van der Waals surface area contributed by atoms with Gasteiger partial charge in [0.25, 0.3) is 0 Å². The molecule has 1 aromatic rings. The van der Waals surface area contributed by atoms with E-state index in [0.29, 0.717) is 17.9 Å². The van der Waals surface area contributed by atoms with Crippen molar-refractivity contribution in [2.75, 3.05) is 0 Å². The van der Waals surface area contributed by atoms with Gasteiger partial charge in [-0.25, -0.2) is 0 Å². The van der Waals surface area contributed by atoms with Crippen LogP contribution in [-0.4, -0.2) is 21.4 Å². The lowest BCUT2D eigenvalue weighted by Crippen LogP contribution is -2.43. The van der Waals surface area contributed by atoms with E-state index in [1.807, 2.05) is 13.0 Å². The van der Waals surface area contributed by atoms with Crippen LogP contribution in [0, 0.1) is 12.8 Å². The second-order valence-corrected chi connectivity index (χ2v) is 5.98. The van der Waals surface area contributed by atoms with Gasteiger partial charge in [-0.2, -0.15) is 0 Å². The van der Waals surface area contributed by atoms with Gasteiger partial charge in [0, 0.05) is 0 Å². The zero-order chi connectivity index (χ0) is 13.7. The molecule has 0 unspecified atom stereocenters. The summed E-state index contributed by atoms with van der Waals surface area (Å²) < 4.78 is 0. The molecule has 0 radical (unpaired) electrons. The Morgan fingerprint density at radius 2 is 1.94 bits per heavy atom. The Labute approximate surface area is 108 Å². The van der Waals surface area contributed by atoms with Gasteiger partial charge in [0.05, 0.1) is 6.10 Å². The van der Waals surface area contributed by atoms with Crippen molar-refractivity contribution in [2.24, 2.45) is 5.92 Å². The number of benzene rings is 1. The minimum Gasteiger partial charge on any atom is -0.508 e. The number of aryl methyl sites for hydroxylation is 1. The molecule has 2 rings (SSSR count). The van der Waals surface area contributed by atoms with Crippen LogP contribution in [0.2, 0.25) is 0 Å². The van der Waals surface area contributed by atoms with E-state index in [0.717, 1.165) is 11.1 Å². The molecule has 18 heavy (non-hydrogen) atoms. The monoisotopic (exact) mass is 250 g/mol. The van der Waals surface area contributed by atoms with Crippen molar-refractivity contribution in [1.29, 1.82) is 0 Å². The third-order valence-corrected chi connectivity index (χ3v) is 4.24. The average molecular weight is 250 g/mol. The molecular weight excluding hydrogens is 228 g/mol. The SMILES string of the molecule is Cc1cc2c(cc1O)[C@](C)(O)[C@H](O)C[C@@H]2C(C)C. The molecule has 0 amide bonds. The first-order chi connectivity index (χ1) is 8.25. The fourth-order valence-electron chi connectivity index (χ4n) is 2.87. The van der Waals surface area contributed by atoms with E-state index in [1.165, 1.54) is 0 Å². The topological polar surface area (TPSA) is 60.7 Å². The number of aliphatic hydroxyl groups excluding tert-OH is 1. The van der Waals surface area contributed by atoms with Gasteiger partial charge in [0.2, 0.25) is 0 Å². The van der Waals surface area contributed by atoms with E-state index in [2.05, 4.69) is 13.8 Å². The van der Waals surface area contributed by atoms with Gasteiger partial charge in [0.15, 0.2) is 0 Å². The van der Waals surface area contributed by atoms with Crippen molar-refractivity contribution in [2.45, 2.75) is 51.7 Å². The molecule has 3 N–H and O–H groups in total. The highest BCUT2D eigenvalue weighted by Crippen LogP contribution is 2.46. The van der Waals surface area contributed by atoms with Gasteiger partial charge in [-0.1, -0.05) is 19.9 Å². The van der Waals surface area contributed by atoms with Crippen molar-refractivity contribution in [3.05, 3.63) is 28.8 Å². The zero-order valence-electron chi connectivity index (χ0n) is 11.4. The highest BCUT2D eigenvalue weighted by Gasteiger charge is 2.42. The predicted molar refractivity (Wildman–Crippen MR) is 70.6 cm³/mol. The number of hydrogen-bond donors (Lipinski definition) is 3. The van der Waals surface area contributed by atoms with Crippen LogP contribution in [0.15, 0.2) is 12.1 Å². The van der Waals surface area contributed by atoms with Crippen LogP contribution in [0.3, 0.4) is 0 Å². The van der Waals surface area contributed by atoms with Gasteiger partial charge in [-0.05, 0) is 54.9 Å². The molecule has 1 aliphatic rings. The van der Waals surface area contributed by atoms with Crippen LogP contribution >= 0.6 is 0 Å². The summed E-state index contributed by atoms with van der Waals surface area (Å²) in [5.41, 5.74) is 1.23. The molecular formula is C15H22O3. The fraction of sp³-hybridized carbons (Fsp3) is 0.600. The zero-order valence-corrected chi connectivity index (χ0v) is 11.4. The fourth-order valence-corrected chi connectivity index (χ4v) is 2.87. The summed E-state index contributed by atoms with van der Waals surface area (Å²) >= 11 is 0. The summed E-state index contributed by atoms with van der Waals surface area (Å²) in [6.07, 6.45) is -0.235. The summed E-state index contributed by atoms with van der Waals surface area (Å²) in [5.74, 6) is 0.776. The normalized spacial score (nSPS) is 31.5. The largest absolute Gasteiger partial charge is 0.508 e. The predicted octanol–water partition coefficient (Wildman–Crippen LogP) is 2.41. The van der Waals surface area contributed by atoms with E-state index >= 15 is 0 Å². The highest BCUT2D eigenvalue weighted by molar-refractivity contribution is 5.47. The van der Waals surface area contributed by atoms with Crippen molar-refractivity contribution < 1.29 is 15.3 Å². The lowest BCUT2D eigenvalue weighted by Gasteiger charge is -2.41. The Morgan fingerprint density at radius 1 is 1.33 bits per heavy atom. The van der Waals surface area contributed by atoms with Crippen LogP contribution in [0.25, 0.3) is 0 Å². The van der Waals surface area contributed by atoms with Crippen LogP contribution in [0.4, 0.5) is 0 Å².